The number of hydrazone groups is 1. The van der Waals surface area contributed by atoms with Gasteiger partial charge in [-0.3, -0.25) is 5.43 Å². The minimum atomic E-state index is 0.551. The fraction of sp³-hybridized carbons (Fsp3) is 0.222. The maximum absolute atomic E-state index is 5.29. The van der Waals surface area contributed by atoms with Crippen molar-refractivity contribution in [3.63, 3.8) is 0 Å². The molecule has 0 fully saturated rings. The summed E-state index contributed by atoms with van der Waals surface area (Å²) in [5, 5.41) is 8.25. The summed E-state index contributed by atoms with van der Waals surface area (Å²) < 4.78 is 0. The second kappa shape index (κ2) is 10.0. The monoisotopic (exact) mass is 343 g/mol. The minimum absolute atomic E-state index is 0.551. The van der Waals surface area contributed by atoms with Crippen LogP contribution in [0.1, 0.15) is 17.5 Å². The summed E-state index contributed by atoms with van der Waals surface area (Å²) in [4.78, 5) is 0. The highest BCUT2D eigenvalue weighted by atomic mass is 32.2. The van der Waals surface area contributed by atoms with Crippen LogP contribution in [-0.4, -0.2) is 29.4 Å². The van der Waals surface area contributed by atoms with Gasteiger partial charge in [0.2, 0.25) is 0 Å². The zero-order valence-corrected chi connectivity index (χ0v) is 14.8. The van der Waals surface area contributed by atoms with Gasteiger partial charge >= 0.3 is 0 Å². The second-order valence-corrected chi connectivity index (χ2v) is 6.30. The van der Waals surface area contributed by atoms with E-state index in [4.69, 9.17) is 12.2 Å². The number of hydrogen-bond acceptors (Lipinski definition) is 3. The van der Waals surface area contributed by atoms with Crippen LogP contribution in [0.4, 0.5) is 0 Å². The van der Waals surface area contributed by atoms with Crippen LogP contribution in [-0.2, 0) is 0 Å². The van der Waals surface area contributed by atoms with E-state index in [9.17, 15) is 0 Å². The molecule has 2 N–H and O–H groups in total. The Balaban J connectivity index is 2.07. The first-order chi connectivity index (χ1) is 11.3. The van der Waals surface area contributed by atoms with Crippen molar-refractivity contribution in [3.8, 4) is 0 Å². The predicted octanol–water partition coefficient (Wildman–Crippen LogP) is 3.66. The number of nitrogens with zero attached hydrogens (tertiary/aromatic N) is 1. The van der Waals surface area contributed by atoms with Gasteiger partial charge in [-0.1, -0.05) is 60.7 Å². The highest BCUT2D eigenvalue weighted by molar-refractivity contribution is 7.98. The fourth-order valence-corrected chi connectivity index (χ4v) is 2.63. The van der Waals surface area contributed by atoms with Crippen LogP contribution in [0.3, 0.4) is 0 Å². The minimum Gasteiger partial charge on any atom is -0.361 e. The van der Waals surface area contributed by atoms with Crippen molar-refractivity contribution in [3.05, 3.63) is 71.8 Å². The van der Waals surface area contributed by atoms with Crippen LogP contribution < -0.4 is 10.7 Å². The van der Waals surface area contributed by atoms with E-state index in [1.807, 2.05) is 72.4 Å². The molecular formula is C18H21N3S2. The first-order valence-corrected chi connectivity index (χ1v) is 9.33. The summed E-state index contributed by atoms with van der Waals surface area (Å²) in [6.07, 6.45) is 3.18. The molecule has 0 aliphatic carbocycles. The van der Waals surface area contributed by atoms with Gasteiger partial charge in [0.1, 0.15) is 0 Å². The van der Waals surface area contributed by atoms with Crippen LogP contribution >= 0.6 is 24.0 Å². The van der Waals surface area contributed by atoms with E-state index in [0.717, 1.165) is 35.6 Å². The van der Waals surface area contributed by atoms with Crippen LogP contribution in [0.5, 0.6) is 0 Å². The van der Waals surface area contributed by atoms with Gasteiger partial charge in [-0.15, -0.1) is 0 Å². The number of rotatable bonds is 7. The Morgan fingerprint density at radius 3 is 2.09 bits per heavy atom. The molecule has 2 aromatic carbocycles. The molecule has 0 atom stereocenters. The standard InChI is InChI=1S/C18H21N3S2/c1-23-14-8-13-19-18(22)21-20-17(15-9-4-2-5-10-15)16-11-6-3-7-12-16/h2-7,9-12H,8,13-14H2,1H3,(H2,19,21,22). The zero-order valence-electron chi connectivity index (χ0n) is 13.2. The number of thiocarbonyl (C=S) groups is 1. The normalized spacial score (nSPS) is 9.96. The van der Waals surface area contributed by atoms with E-state index in [2.05, 4.69) is 22.1 Å². The van der Waals surface area contributed by atoms with Crippen molar-refractivity contribution < 1.29 is 0 Å². The largest absolute Gasteiger partial charge is 0.361 e. The Labute approximate surface area is 147 Å². The first-order valence-electron chi connectivity index (χ1n) is 7.52. The molecule has 2 rings (SSSR count). The summed E-state index contributed by atoms with van der Waals surface area (Å²) in [5.41, 5.74) is 5.94. The van der Waals surface area contributed by atoms with Gasteiger partial charge in [-0.2, -0.15) is 16.9 Å². The van der Waals surface area contributed by atoms with Crippen LogP contribution in [0.25, 0.3) is 0 Å². The van der Waals surface area contributed by atoms with Gasteiger partial charge in [0, 0.05) is 17.7 Å². The molecule has 0 aliphatic heterocycles. The van der Waals surface area contributed by atoms with Gasteiger partial charge in [0.15, 0.2) is 5.11 Å². The Kier molecular flexibility index (Phi) is 7.63. The Morgan fingerprint density at radius 1 is 1.00 bits per heavy atom. The predicted molar refractivity (Wildman–Crippen MR) is 105 cm³/mol. The quantitative estimate of drug-likeness (QED) is 0.348. The highest BCUT2D eigenvalue weighted by Gasteiger charge is 2.06. The lowest BCUT2D eigenvalue weighted by atomic mass is 10.0. The lowest BCUT2D eigenvalue weighted by Crippen LogP contribution is -2.33. The average molecular weight is 344 g/mol. The molecule has 0 spiro atoms. The van der Waals surface area contributed by atoms with Crippen molar-refractivity contribution in [2.75, 3.05) is 18.6 Å². The van der Waals surface area contributed by atoms with Crippen molar-refractivity contribution in [2.24, 2.45) is 5.10 Å². The maximum atomic E-state index is 5.29. The topological polar surface area (TPSA) is 36.4 Å². The summed E-state index contributed by atoms with van der Waals surface area (Å²) in [7, 11) is 0. The number of benzene rings is 2. The van der Waals surface area contributed by atoms with Crippen molar-refractivity contribution >= 4 is 34.8 Å². The van der Waals surface area contributed by atoms with E-state index < -0.39 is 0 Å². The molecule has 0 saturated heterocycles. The molecule has 120 valence electrons. The van der Waals surface area contributed by atoms with Crippen molar-refractivity contribution in [1.29, 1.82) is 0 Å². The third-order valence-electron chi connectivity index (χ3n) is 3.17. The summed E-state index contributed by atoms with van der Waals surface area (Å²) in [5.74, 6) is 1.12. The van der Waals surface area contributed by atoms with E-state index in [-0.39, 0.29) is 0 Å². The molecule has 0 heterocycles. The van der Waals surface area contributed by atoms with Gasteiger partial charge in [0.05, 0.1) is 5.71 Å². The first kappa shape index (κ1) is 17.5. The molecule has 0 bridgehead atoms. The second-order valence-electron chi connectivity index (χ2n) is 4.91. The summed E-state index contributed by atoms with van der Waals surface area (Å²) in [6.45, 7) is 0.855. The molecule has 0 saturated carbocycles. The Bertz CT molecular complexity index is 586. The van der Waals surface area contributed by atoms with Gasteiger partial charge < -0.3 is 5.32 Å². The number of hydrogen-bond donors (Lipinski definition) is 2. The third kappa shape index (κ3) is 6.04. The molecule has 0 amide bonds. The van der Waals surface area contributed by atoms with Crippen molar-refractivity contribution in [1.82, 2.24) is 10.7 Å². The lowest BCUT2D eigenvalue weighted by molar-refractivity contribution is 0.823. The molecule has 2 aromatic rings. The number of nitrogens with one attached hydrogen (secondary N) is 2. The lowest BCUT2D eigenvalue weighted by Gasteiger charge is -2.10. The van der Waals surface area contributed by atoms with Gasteiger partial charge in [0.25, 0.3) is 0 Å². The van der Waals surface area contributed by atoms with E-state index in [1.165, 1.54) is 0 Å². The molecule has 3 nitrogen and oxygen atoms in total. The molecular weight excluding hydrogens is 322 g/mol. The van der Waals surface area contributed by atoms with Crippen LogP contribution in [0, 0.1) is 0 Å². The molecule has 0 aliphatic rings. The number of thioether (sulfide) groups is 1. The Hall–Kier alpha value is -1.85. The summed E-state index contributed by atoms with van der Waals surface area (Å²) >= 11 is 7.12. The molecule has 0 unspecified atom stereocenters. The third-order valence-corrected chi connectivity index (χ3v) is 4.11. The molecule has 0 radical (unpaired) electrons. The molecule has 0 aromatic heterocycles. The maximum Gasteiger partial charge on any atom is 0.186 e. The molecule has 23 heavy (non-hydrogen) atoms. The van der Waals surface area contributed by atoms with E-state index in [1.54, 1.807) is 0 Å². The molecule has 5 heteroatoms. The van der Waals surface area contributed by atoms with Crippen molar-refractivity contribution in [2.45, 2.75) is 6.42 Å². The smallest absolute Gasteiger partial charge is 0.186 e. The summed E-state index contributed by atoms with van der Waals surface area (Å²) in [6, 6.07) is 20.2. The van der Waals surface area contributed by atoms with E-state index in [0.29, 0.717) is 5.11 Å². The van der Waals surface area contributed by atoms with Crippen LogP contribution in [0.2, 0.25) is 0 Å². The van der Waals surface area contributed by atoms with Gasteiger partial charge in [-0.25, -0.2) is 0 Å². The SMILES string of the molecule is CSCCCNC(=S)NN=C(c1ccccc1)c1ccccc1. The van der Waals surface area contributed by atoms with Gasteiger partial charge in [-0.05, 0) is 30.6 Å². The van der Waals surface area contributed by atoms with Crippen LogP contribution in [0.15, 0.2) is 65.8 Å². The average Bonchev–Trinajstić information content (AvgIpc) is 2.61. The zero-order chi connectivity index (χ0) is 16.3. The highest BCUT2D eigenvalue weighted by Crippen LogP contribution is 2.10. The van der Waals surface area contributed by atoms with E-state index >= 15 is 0 Å². The fourth-order valence-electron chi connectivity index (χ4n) is 2.05. The Morgan fingerprint density at radius 2 is 1.57 bits per heavy atom.